The molecule has 3 rings (SSSR count). The number of para-hydroxylation sites is 1. The van der Waals surface area contributed by atoms with Crippen LogP contribution in [-0.4, -0.2) is 24.5 Å². The Bertz CT molecular complexity index is 947. The molecule has 24 heavy (non-hydrogen) atoms. The van der Waals surface area contributed by atoms with E-state index in [1.54, 1.807) is 18.2 Å². The standard InChI is InChI=1S/C18H19N3O2S/c1-14-12-17(24(2,22)23)8-9-18(14)19-13-15-10-11-21(20-15)16-6-4-3-5-7-16/h3-12,19H,13H2,1-2H3. The Morgan fingerprint density at radius 2 is 1.83 bits per heavy atom. The molecule has 0 atom stereocenters. The van der Waals surface area contributed by atoms with Gasteiger partial charge in [-0.1, -0.05) is 18.2 Å². The summed E-state index contributed by atoms with van der Waals surface area (Å²) < 4.78 is 25.0. The number of sulfone groups is 1. The van der Waals surface area contributed by atoms with E-state index in [9.17, 15) is 8.42 Å². The molecule has 0 aliphatic heterocycles. The lowest BCUT2D eigenvalue weighted by Crippen LogP contribution is -2.04. The number of anilines is 1. The fraction of sp³-hybridized carbons (Fsp3) is 0.167. The summed E-state index contributed by atoms with van der Waals surface area (Å²) in [5, 5.41) is 7.84. The van der Waals surface area contributed by atoms with E-state index in [0.29, 0.717) is 11.4 Å². The molecule has 0 saturated heterocycles. The maximum atomic E-state index is 11.6. The highest BCUT2D eigenvalue weighted by Crippen LogP contribution is 2.20. The fourth-order valence-electron chi connectivity index (χ4n) is 2.43. The summed E-state index contributed by atoms with van der Waals surface area (Å²) in [7, 11) is -3.18. The Hall–Kier alpha value is -2.60. The molecule has 2 aromatic carbocycles. The van der Waals surface area contributed by atoms with Crippen LogP contribution in [0, 0.1) is 6.92 Å². The largest absolute Gasteiger partial charge is 0.379 e. The first-order chi connectivity index (χ1) is 11.4. The molecule has 0 spiro atoms. The zero-order valence-corrected chi connectivity index (χ0v) is 14.4. The highest BCUT2D eigenvalue weighted by Gasteiger charge is 2.09. The number of hydrogen-bond acceptors (Lipinski definition) is 4. The van der Waals surface area contributed by atoms with Crippen LogP contribution < -0.4 is 5.32 Å². The Morgan fingerprint density at radius 1 is 1.08 bits per heavy atom. The van der Waals surface area contributed by atoms with E-state index in [2.05, 4.69) is 10.4 Å². The highest BCUT2D eigenvalue weighted by atomic mass is 32.2. The van der Waals surface area contributed by atoms with Gasteiger partial charge in [0.25, 0.3) is 0 Å². The van der Waals surface area contributed by atoms with Gasteiger partial charge in [-0.25, -0.2) is 13.1 Å². The van der Waals surface area contributed by atoms with Crippen molar-refractivity contribution < 1.29 is 8.42 Å². The van der Waals surface area contributed by atoms with E-state index in [1.807, 2.05) is 54.2 Å². The zero-order chi connectivity index (χ0) is 17.2. The van der Waals surface area contributed by atoms with E-state index in [4.69, 9.17) is 0 Å². The normalized spacial score (nSPS) is 11.4. The van der Waals surface area contributed by atoms with Crippen molar-refractivity contribution in [3.05, 3.63) is 72.1 Å². The van der Waals surface area contributed by atoms with Crippen LogP contribution in [0.3, 0.4) is 0 Å². The second kappa shape index (κ2) is 6.49. The Morgan fingerprint density at radius 3 is 2.50 bits per heavy atom. The predicted octanol–water partition coefficient (Wildman–Crippen LogP) is 3.20. The molecule has 0 radical (unpaired) electrons. The van der Waals surface area contributed by atoms with Crippen molar-refractivity contribution in [2.24, 2.45) is 0 Å². The van der Waals surface area contributed by atoms with Crippen molar-refractivity contribution in [1.82, 2.24) is 9.78 Å². The topological polar surface area (TPSA) is 64.0 Å². The van der Waals surface area contributed by atoms with Gasteiger partial charge in [-0.05, 0) is 48.9 Å². The zero-order valence-electron chi connectivity index (χ0n) is 13.6. The summed E-state index contributed by atoms with van der Waals surface area (Å²) >= 11 is 0. The molecule has 0 aliphatic carbocycles. The van der Waals surface area contributed by atoms with E-state index in [1.165, 1.54) is 6.26 Å². The third-order valence-corrected chi connectivity index (χ3v) is 4.86. The molecule has 0 aliphatic rings. The fourth-order valence-corrected chi connectivity index (χ4v) is 3.14. The number of rotatable bonds is 5. The van der Waals surface area contributed by atoms with Crippen LogP contribution in [-0.2, 0) is 16.4 Å². The van der Waals surface area contributed by atoms with E-state index in [0.717, 1.165) is 22.6 Å². The molecule has 1 heterocycles. The second-order valence-electron chi connectivity index (χ2n) is 5.69. The average Bonchev–Trinajstić information content (AvgIpc) is 3.02. The maximum Gasteiger partial charge on any atom is 0.175 e. The van der Waals surface area contributed by atoms with Crippen molar-refractivity contribution in [3.63, 3.8) is 0 Å². The third-order valence-electron chi connectivity index (χ3n) is 3.75. The first-order valence-corrected chi connectivity index (χ1v) is 9.47. The van der Waals surface area contributed by atoms with Crippen molar-refractivity contribution in [1.29, 1.82) is 0 Å². The number of aromatic nitrogens is 2. The molecule has 0 bridgehead atoms. The van der Waals surface area contributed by atoms with Gasteiger partial charge in [-0.15, -0.1) is 0 Å². The molecule has 0 saturated carbocycles. The maximum absolute atomic E-state index is 11.6. The SMILES string of the molecule is Cc1cc(S(C)(=O)=O)ccc1NCc1ccn(-c2ccccc2)n1. The van der Waals surface area contributed by atoms with Crippen LogP contribution in [0.25, 0.3) is 5.69 Å². The highest BCUT2D eigenvalue weighted by molar-refractivity contribution is 7.90. The third kappa shape index (κ3) is 3.65. The van der Waals surface area contributed by atoms with Gasteiger partial charge in [0, 0.05) is 18.1 Å². The summed E-state index contributed by atoms with van der Waals surface area (Å²) in [6, 6.07) is 17.0. The number of aryl methyl sites for hydroxylation is 1. The quantitative estimate of drug-likeness (QED) is 0.774. The van der Waals surface area contributed by atoms with Crippen LogP contribution in [0.5, 0.6) is 0 Å². The van der Waals surface area contributed by atoms with Crippen LogP contribution in [0.15, 0.2) is 65.7 Å². The minimum atomic E-state index is -3.18. The summed E-state index contributed by atoms with van der Waals surface area (Å²) in [5.41, 5.74) is 3.71. The van der Waals surface area contributed by atoms with Gasteiger partial charge in [0.1, 0.15) is 0 Å². The van der Waals surface area contributed by atoms with Gasteiger partial charge in [0.15, 0.2) is 9.84 Å². The Labute approximate surface area is 141 Å². The van der Waals surface area contributed by atoms with E-state index < -0.39 is 9.84 Å². The van der Waals surface area contributed by atoms with Crippen LogP contribution in [0.2, 0.25) is 0 Å². The molecule has 5 nitrogen and oxygen atoms in total. The lowest BCUT2D eigenvalue weighted by atomic mass is 10.2. The Kier molecular flexibility index (Phi) is 4.40. The van der Waals surface area contributed by atoms with Crippen LogP contribution in [0.1, 0.15) is 11.3 Å². The number of benzene rings is 2. The molecule has 124 valence electrons. The van der Waals surface area contributed by atoms with Crippen LogP contribution in [0.4, 0.5) is 5.69 Å². The van der Waals surface area contributed by atoms with Gasteiger partial charge < -0.3 is 5.32 Å². The molecular weight excluding hydrogens is 322 g/mol. The van der Waals surface area contributed by atoms with E-state index in [-0.39, 0.29) is 0 Å². The van der Waals surface area contributed by atoms with E-state index >= 15 is 0 Å². The van der Waals surface area contributed by atoms with Gasteiger partial charge in [0.2, 0.25) is 0 Å². The first kappa shape index (κ1) is 16.3. The van der Waals surface area contributed by atoms with Gasteiger partial charge in [-0.3, -0.25) is 0 Å². The number of hydrogen-bond donors (Lipinski definition) is 1. The number of nitrogens with zero attached hydrogens (tertiary/aromatic N) is 2. The Balaban J connectivity index is 1.72. The molecule has 1 aromatic heterocycles. The molecular formula is C18H19N3O2S. The molecule has 0 unspecified atom stereocenters. The molecule has 1 N–H and O–H groups in total. The summed E-state index contributed by atoms with van der Waals surface area (Å²) in [6.07, 6.45) is 3.14. The molecule has 0 fully saturated rings. The van der Waals surface area contributed by atoms with Gasteiger partial charge >= 0.3 is 0 Å². The predicted molar refractivity (Wildman–Crippen MR) is 95.2 cm³/mol. The summed E-state index contributed by atoms with van der Waals surface area (Å²) in [5.74, 6) is 0. The summed E-state index contributed by atoms with van der Waals surface area (Å²) in [6.45, 7) is 2.46. The van der Waals surface area contributed by atoms with Gasteiger partial charge in [0.05, 0.1) is 22.8 Å². The monoisotopic (exact) mass is 341 g/mol. The first-order valence-electron chi connectivity index (χ1n) is 7.58. The number of nitrogens with one attached hydrogen (secondary N) is 1. The van der Waals surface area contributed by atoms with Crippen molar-refractivity contribution in [2.45, 2.75) is 18.4 Å². The van der Waals surface area contributed by atoms with Crippen molar-refractivity contribution in [3.8, 4) is 5.69 Å². The van der Waals surface area contributed by atoms with Gasteiger partial charge in [-0.2, -0.15) is 5.10 Å². The summed E-state index contributed by atoms with van der Waals surface area (Å²) in [4.78, 5) is 0.332. The smallest absolute Gasteiger partial charge is 0.175 e. The second-order valence-corrected chi connectivity index (χ2v) is 7.71. The molecule has 3 aromatic rings. The molecule has 6 heteroatoms. The minimum absolute atomic E-state index is 0.332. The average molecular weight is 341 g/mol. The lowest BCUT2D eigenvalue weighted by molar-refractivity contribution is 0.602. The van der Waals surface area contributed by atoms with Crippen LogP contribution >= 0.6 is 0 Å². The van der Waals surface area contributed by atoms with Crippen molar-refractivity contribution in [2.75, 3.05) is 11.6 Å². The lowest BCUT2D eigenvalue weighted by Gasteiger charge is -2.09. The van der Waals surface area contributed by atoms with Crippen molar-refractivity contribution >= 4 is 15.5 Å². The minimum Gasteiger partial charge on any atom is -0.379 e. The molecule has 0 amide bonds.